The summed E-state index contributed by atoms with van der Waals surface area (Å²) >= 11 is 0. The number of fused-ring (bicyclic) bond motifs is 1. The molecule has 0 saturated carbocycles. The first-order chi connectivity index (χ1) is 9.70. The summed E-state index contributed by atoms with van der Waals surface area (Å²) in [6.45, 7) is -0.146. The molecule has 3 heterocycles. The van der Waals surface area contributed by atoms with Gasteiger partial charge in [-0.2, -0.15) is 0 Å². The number of ether oxygens (including phenoxy) is 1. The zero-order valence-corrected chi connectivity index (χ0v) is 10.4. The Morgan fingerprint density at radius 2 is 2.45 bits per heavy atom. The monoisotopic (exact) mass is 276 g/mol. The summed E-state index contributed by atoms with van der Waals surface area (Å²) < 4.78 is 7.21. The Balaban J connectivity index is 2.16. The molecule has 3 rings (SSSR count). The highest BCUT2D eigenvalue weighted by Gasteiger charge is 2.42. The number of aromatic nitrogens is 4. The molecule has 0 aromatic carbocycles. The summed E-state index contributed by atoms with van der Waals surface area (Å²) in [5, 5.41) is 12.9. The average molecular weight is 276 g/mol. The van der Waals surface area contributed by atoms with Gasteiger partial charge in [0.05, 0.1) is 19.0 Å². The van der Waals surface area contributed by atoms with Crippen molar-refractivity contribution in [2.24, 2.45) is 5.11 Å². The van der Waals surface area contributed by atoms with E-state index in [0.29, 0.717) is 24.0 Å². The van der Waals surface area contributed by atoms with Crippen molar-refractivity contribution in [3.05, 3.63) is 23.1 Å². The lowest BCUT2D eigenvalue weighted by molar-refractivity contribution is -0.104. The first kappa shape index (κ1) is 12.6. The smallest absolute Gasteiger partial charge is 0.227 e. The standard InChI is InChI=1S/C10H12N8O2/c11-8-7-9(14-4-13-8)18(5-15-7)10(16-17-12)2-1-6(3-19)20-10/h4-6,19H,1-3H2,(H2,11,13,14)/t6-,10-/m0/s1. The Labute approximate surface area is 112 Å². The summed E-state index contributed by atoms with van der Waals surface area (Å²) in [5.74, 6) is -1.04. The van der Waals surface area contributed by atoms with E-state index in [2.05, 4.69) is 25.0 Å². The Morgan fingerprint density at radius 1 is 1.60 bits per heavy atom. The number of aliphatic hydroxyl groups is 1. The van der Waals surface area contributed by atoms with Crippen LogP contribution in [-0.2, 0) is 10.6 Å². The van der Waals surface area contributed by atoms with Gasteiger partial charge in [0.1, 0.15) is 11.8 Å². The van der Waals surface area contributed by atoms with Crippen molar-refractivity contribution in [1.82, 2.24) is 19.5 Å². The fraction of sp³-hybridized carbons (Fsp3) is 0.500. The molecule has 3 N–H and O–H groups in total. The van der Waals surface area contributed by atoms with Crippen molar-refractivity contribution < 1.29 is 9.84 Å². The maximum Gasteiger partial charge on any atom is 0.227 e. The van der Waals surface area contributed by atoms with Crippen molar-refractivity contribution in [3.63, 3.8) is 0 Å². The minimum Gasteiger partial charge on any atom is -0.394 e. The van der Waals surface area contributed by atoms with Crippen LogP contribution in [0.5, 0.6) is 0 Å². The molecule has 0 bridgehead atoms. The summed E-state index contributed by atoms with van der Waals surface area (Å²) in [7, 11) is 0. The van der Waals surface area contributed by atoms with Gasteiger partial charge < -0.3 is 15.6 Å². The zero-order valence-electron chi connectivity index (χ0n) is 10.4. The van der Waals surface area contributed by atoms with Crippen LogP contribution in [0.4, 0.5) is 5.82 Å². The molecule has 0 aliphatic carbocycles. The summed E-state index contributed by atoms with van der Waals surface area (Å²) in [5.41, 5.74) is 15.4. The van der Waals surface area contributed by atoms with E-state index in [0.717, 1.165) is 0 Å². The van der Waals surface area contributed by atoms with Crippen LogP contribution in [0, 0.1) is 0 Å². The number of anilines is 1. The minimum atomic E-state index is -1.28. The number of hydrogen-bond donors (Lipinski definition) is 2. The number of imidazole rings is 1. The van der Waals surface area contributed by atoms with E-state index in [9.17, 15) is 5.11 Å². The van der Waals surface area contributed by atoms with E-state index in [-0.39, 0.29) is 12.4 Å². The molecular weight excluding hydrogens is 264 g/mol. The molecule has 1 fully saturated rings. The topological polar surface area (TPSA) is 148 Å². The van der Waals surface area contributed by atoms with Crippen LogP contribution in [0.2, 0.25) is 0 Å². The van der Waals surface area contributed by atoms with Gasteiger partial charge in [0, 0.05) is 11.3 Å². The first-order valence-corrected chi connectivity index (χ1v) is 5.99. The van der Waals surface area contributed by atoms with Crippen molar-refractivity contribution in [3.8, 4) is 0 Å². The van der Waals surface area contributed by atoms with Crippen LogP contribution in [0.3, 0.4) is 0 Å². The van der Waals surface area contributed by atoms with Crippen molar-refractivity contribution >= 4 is 17.0 Å². The van der Waals surface area contributed by atoms with Crippen molar-refractivity contribution in [1.29, 1.82) is 0 Å². The van der Waals surface area contributed by atoms with Gasteiger partial charge in [0.15, 0.2) is 11.5 Å². The first-order valence-electron chi connectivity index (χ1n) is 5.99. The Bertz CT molecular complexity index is 694. The second kappa shape index (κ2) is 4.60. The number of nitrogens with two attached hydrogens (primary N) is 1. The van der Waals surface area contributed by atoms with Gasteiger partial charge in [-0.15, -0.1) is 0 Å². The highest BCUT2D eigenvalue weighted by molar-refractivity contribution is 5.81. The van der Waals surface area contributed by atoms with E-state index < -0.39 is 12.0 Å². The zero-order chi connectivity index (χ0) is 14.2. The van der Waals surface area contributed by atoms with Gasteiger partial charge in [-0.25, -0.2) is 15.0 Å². The fourth-order valence-corrected chi connectivity index (χ4v) is 2.34. The van der Waals surface area contributed by atoms with Crippen molar-refractivity contribution in [2.45, 2.75) is 24.8 Å². The quantitative estimate of drug-likeness (QED) is 0.473. The number of rotatable bonds is 3. The predicted molar refractivity (Wildman–Crippen MR) is 68.0 cm³/mol. The van der Waals surface area contributed by atoms with E-state index in [1.54, 1.807) is 0 Å². The molecule has 20 heavy (non-hydrogen) atoms. The summed E-state index contributed by atoms with van der Waals surface area (Å²) in [6.07, 6.45) is 3.34. The number of nitrogens with zero attached hydrogens (tertiary/aromatic N) is 7. The molecule has 1 aliphatic heterocycles. The number of aliphatic hydroxyl groups excluding tert-OH is 1. The summed E-state index contributed by atoms with van der Waals surface area (Å²) in [6, 6.07) is 0. The highest BCUT2D eigenvalue weighted by atomic mass is 16.6. The molecule has 1 aliphatic rings. The molecule has 2 aromatic heterocycles. The molecule has 0 radical (unpaired) electrons. The SMILES string of the molecule is [N-]=[N+]=N[C@]1(n2cnc3c(N)ncnc32)CC[C@@H](CO)O1. The maximum absolute atomic E-state index is 9.19. The Morgan fingerprint density at radius 3 is 3.15 bits per heavy atom. The molecule has 2 aromatic rings. The third kappa shape index (κ3) is 1.74. The van der Waals surface area contributed by atoms with Gasteiger partial charge in [0.25, 0.3) is 0 Å². The third-order valence-electron chi connectivity index (χ3n) is 3.29. The van der Waals surface area contributed by atoms with Gasteiger partial charge in [0.2, 0.25) is 5.85 Å². The summed E-state index contributed by atoms with van der Waals surface area (Å²) in [4.78, 5) is 14.9. The second-order valence-electron chi connectivity index (χ2n) is 4.44. The molecular formula is C10H12N8O2. The number of nitrogen functional groups attached to an aromatic ring is 1. The van der Waals surface area contributed by atoms with E-state index in [1.807, 2.05) is 0 Å². The normalized spacial score (nSPS) is 25.8. The molecule has 0 unspecified atom stereocenters. The molecule has 1 saturated heterocycles. The van der Waals surface area contributed by atoms with E-state index in [4.69, 9.17) is 16.0 Å². The van der Waals surface area contributed by atoms with E-state index in [1.165, 1.54) is 17.2 Å². The van der Waals surface area contributed by atoms with Crippen LogP contribution in [0.1, 0.15) is 12.8 Å². The van der Waals surface area contributed by atoms with Crippen molar-refractivity contribution in [2.75, 3.05) is 12.3 Å². The van der Waals surface area contributed by atoms with Crippen LogP contribution in [0.25, 0.3) is 21.6 Å². The van der Waals surface area contributed by atoms with Gasteiger partial charge in [-0.05, 0) is 17.1 Å². The molecule has 2 atom stereocenters. The molecule has 104 valence electrons. The third-order valence-corrected chi connectivity index (χ3v) is 3.29. The largest absolute Gasteiger partial charge is 0.394 e. The van der Waals surface area contributed by atoms with Crippen LogP contribution < -0.4 is 5.73 Å². The predicted octanol–water partition coefficient (Wildman–Crippen LogP) is 0.500. The maximum atomic E-state index is 9.19. The van der Waals surface area contributed by atoms with Gasteiger partial charge in [-0.3, -0.25) is 4.57 Å². The minimum absolute atomic E-state index is 0.146. The van der Waals surface area contributed by atoms with Gasteiger partial charge in [-0.1, -0.05) is 0 Å². The molecule has 10 nitrogen and oxygen atoms in total. The lowest BCUT2D eigenvalue weighted by Gasteiger charge is -2.25. The second-order valence-corrected chi connectivity index (χ2v) is 4.44. The van der Waals surface area contributed by atoms with Crippen LogP contribution in [0.15, 0.2) is 17.8 Å². The highest BCUT2D eigenvalue weighted by Crippen LogP contribution is 2.38. The Kier molecular flexibility index (Phi) is 2.90. The number of hydrogen-bond acceptors (Lipinski definition) is 7. The van der Waals surface area contributed by atoms with Gasteiger partial charge >= 0.3 is 0 Å². The van der Waals surface area contributed by atoms with Crippen LogP contribution in [-0.4, -0.2) is 37.3 Å². The lowest BCUT2D eigenvalue weighted by atomic mass is 10.2. The molecule has 0 amide bonds. The lowest BCUT2D eigenvalue weighted by Crippen LogP contribution is -2.31. The van der Waals surface area contributed by atoms with Crippen LogP contribution >= 0.6 is 0 Å². The number of azide groups is 1. The average Bonchev–Trinajstić information content (AvgIpc) is 3.04. The van der Waals surface area contributed by atoms with E-state index >= 15 is 0 Å². The fourth-order valence-electron chi connectivity index (χ4n) is 2.34. The molecule has 10 heteroatoms. The Hall–Kier alpha value is -2.42. The molecule has 0 spiro atoms.